The van der Waals surface area contributed by atoms with E-state index >= 15 is 0 Å². The van der Waals surface area contributed by atoms with Crippen molar-refractivity contribution in [3.63, 3.8) is 0 Å². The summed E-state index contributed by atoms with van der Waals surface area (Å²) in [5, 5.41) is 2.88. The van der Waals surface area contributed by atoms with Gasteiger partial charge in [-0.3, -0.25) is 4.79 Å². The van der Waals surface area contributed by atoms with Crippen LogP contribution in [0.15, 0.2) is 22.7 Å². The molecule has 0 saturated carbocycles. The van der Waals surface area contributed by atoms with Crippen LogP contribution in [0.1, 0.15) is 6.42 Å². The summed E-state index contributed by atoms with van der Waals surface area (Å²) in [6.07, 6.45) is 0.350. The molecule has 1 aromatic carbocycles. The lowest BCUT2D eigenvalue weighted by Gasteiger charge is -2.11. The van der Waals surface area contributed by atoms with Crippen LogP contribution in [0, 0.1) is 5.82 Å². The molecule has 0 aliphatic heterocycles. The fourth-order valence-corrected chi connectivity index (χ4v) is 1.49. The molecule has 0 aliphatic carbocycles. The molecule has 0 aliphatic rings. The van der Waals surface area contributed by atoms with Crippen molar-refractivity contribution in [1.82, 2.24) is 4.90 Å². The summed E-state index contributed by atoms with van der Waals surface area (Å²) < 4.78 is 14.0. The van der Waals surface area contributed by atoms with Gasteiger partial charge in [-0.1, -0.05) is 15.9 Å². The lowest BCUT2D eigenvalue weighted by atomic mass is 10.3. The Morgan fingerprint density at radius 1 is 1.50 bits per heavy atom. The molecule has 1 rings (SSSR count). The summed E-state index contributed by atoms with van der Waals surface area (Å²) in [7, 11) is 3.39. The maximum absolute atomic E-state index is 13.3. The average Bonchev–Trinajstić information content (AvgIpc) is 2.20. The number of nitrogens with one attached hydrogen (secondary N) is 1. The summed E-state index contributed by atoms with van der Waals surface area (Å²) in [6.45, 7) is 0.426. The number of hydrogen-bond acceptors (Lipinski definition) is 2. The maximum atomic E-state index is 13.3. The summed E-state index contributed by atoms with van der Waals surface area (Å²) in [6, 6.07) is 4.77. The van der Waals surface area contributed by atoms with Crippen LogP contribution in [0.25, 0.3) is 0 Å². The highest BCUT2D eigenvalue weighted by Crippen LogP contribution is 2.19. The van der Waals surface area contributed by atoms with E-state index in [0.29, 0.717) is 23.1 Å². The molecule has 0 bridgehead atoms. The fraction of sp³-hybridized carbons (Fsp3) is 0.364. The lowest BCUT2D eigenvalue weighted by Crippen LogP contribution is -2.24. The number of anilines is 1. The van der Waals surface area contributed by atoms with Gasteiger partial charge in [-0.05, 0) is 18.2 Å². The minimum Gasteiger partial charge on any atom is -0.382 e. The second-order valence-electron chi connectivity index (χ2n) is 3.59. The van der Waals surface area contributed by atoms with Gasteiger partial charge in [-0.15, -0.1) is 0 Å². The molecule has 0 unspecified atom stereocenters. The first-order chi connectivity index (χ1) is 7.50. The second-order valence-corrected chi connectivity index (χ2v) is 4.50. The van der Waals surface area contributed by atoms with Crippen molar-refractivity contribution in [3.05, 3.63) is 28.5 Å². The standard InChI is InChI=1S/C11H14BrFN2O/c1-15(2)11(16)5-6-14-10-4-3-8(12)7-9(10)13/h3-4,7,14H,5-6H2,1-2H3. The molecule has 0 fully saturated rings. The predicted octanol–water partition coefficient (Wildman–Crippen LogP) is 2.48. The number of rotatable bonds is 4. The monoisotopic (exact) mass is 288 g/mol. The third-order valence-corrected chi connectivity index (χ3v) is 2.58. The molecule has 0 heterocycles. The first-order valence-electron chi connectivity index (χ1n) is 4.90. The van der Waals surface area contributed by atoms with E-state index < -0.39 is 0 Å². The van der Waals surface area contributed by atoms with Gasteiger partial charge in [0.15, 0.2) is 0 Å². The SMILES string of the molecule is CN(C)C(=O)CCNc1ccc(Br)cc1F. The first-order valence-corrected chi connectivity index (χ1v) is 5.69. The summed E-state index contributed by atoms with van der Waals surface area (Å²) in [5.74, 6) is -0.309. The zero-order valence-corrected chi connectivity index (χ0v) is 10.8. The molecule has 1 aromatic rings. The molecule has 0 atom stereocenters. The number of benzene rings is 1. The topological polar surface area (TPSA) is 32.3 Å². The van der Waals surface area contributed by atoms with Crippen molar-refractivity contribution in [2.24, 2.45) is 0 Å². The highest BCUT2D eigenvalue weighted by molar-refractivity contribution is 9.10. The van der Waals surface area contributed by atoms with Crippen molar-refractivity contribution in [1.29, 1.82) is 0 Å². The van der Waals surface area contributed by atoms with Crippen LogP contribution >= 0.6 is 15.9 Å². The van der Waals surface area contributed by atoms with Gasteiger partial charge in [0.1, 0.15) is 5.82 Å². The van der Waals surface area contributed by atoms with E-state index in [0.717, 1.165) is 0 Å². The Morgan fingerprint density at radius 2 is 2.19 bits per heavy atom. The van der Waals surface area contributed by atoms with E-state index in [4.69, 9.17) is 0 Å². The number of carbonyl (C=O) groups excluding carboxylic acids is 1. The average molecular weight is 289 g/mol. The predicted molar refractivity (Wildman–Crippen MR) is 65.9 cm³/mol. The van der Waals surface area contributed by atoms with Crippen LogP contribution in [0.2, 0.25) is 0 Å². The molecule has 0 radical (unpaired) electrons. The molecular weight excluding hydrogens is 275 g/mol. The number of halogens is 2. The highest BCUT2D eigenvalue weighted by Gasteiger charge is 2.05. The molecule has 1 amide bonds. The summed E-state index contributed by atoms with van der Waals surface area (Å²) in [4.78, 5) is 12.8. The second kappa shape index (κ2) is 5.84. The molecule has 0 saturated heterocycles. The van der Waals surface area contributed by atoms with Gasteiger partial charge in [0, 0.05) is 31.5 Å². The fourth-order valence-electron chi connectivity index (χ4n) is 1.16. The first kappa shape index (κ1) is 13.0. The quantitative estimate of drug-likeness (QED) is 0.923. The van der Waals surface area contributed by atoms with Gasteiger partial charge in [0.2, 0.25) is 5.91 Å². The van der Waals surface area contributed by atoms with E-state index in [1.807, 2.05) is 0 Å². The zero-order chi connectivity index (χ0) is 12.1. The van der Waals surface area contributed by atoms with Gasteiger partial charge in [0.25, 0.3) is 0 Å². The molecule has 88 valence electrons. The Hall–Kier alpha value is -1.10. The minimum absolute atomic E-state index is 0.0185. The van der Waals surface area contributed by atoms with Crippen molar-refractivity contribution < 1.29 is 9.18 Å². The highest BCUT2D eigenvalue weighted by atomic mass is 79.9. The molecule has 16 heavy (non-hydrogen) atoms. The summed E-state index contributed by atoms with van der Waals surface area (Å²) >= 11 is 3.18. The minimum atomic E-state index is -0.327. The Kier molecular flexibility index (Phi) is 4.73. The zero-order valence-electron chi connectivity index (χ0n) is 9.26. The summed E-state index contributed by atoms with van der Waals surface area (Å²) in [5.41, 5.74) is 0.412. The number of nitrogens with zero attached hydrogens (tertiary/aromatic N) is 1. The molecular formula is C11H14BrFN2O. The van der Waals surface area contributed by atoms with Crippen LogP contribution in [-0.2, 0) is 4.79 Å². The van der Waals surface area contributed by atoms with Crippen LogP contribution in [-0.4, -0.2) is 31.4 Å². The molecule has 1 N–H and O–H groups in total. The third-order valence-electron chi connectivity index (χ3n) is 2.08. The Labute approximate surface area is 103 Å². The largest absolute Gasteiger partial charge is 0.382 e. The molecule has 5 heteroatoms. The number of hydrogen-bond donors (Lipinski definition) is 1. The number of amides is 1. The van der Waals surface area contributed by atoms with E-state index in [1.54, 1.807) is 26.2 Å². The number of carbonyl (C=O) groups is 1. The van der Waals surface area contributed by atoms with Gasteiger partial charge >= 0.3 is 0 Å². The van der Waals surface area contributed by atoms with Gasteiger partial charge < -0.3 is 10.2 Å². The van der Waals surface area contributed by atoms with E-state index in [1.165, 1.54) is 11.0 Å². The Bertz CT molecular complexity index is 382. The van der Waals surface area contributed by atoms with Crippen molar-refractivity contribution in [2.45, 2.75) is 6.42 Å². The lowest BCUT2D eigenvalue weighted by molar-refractivity contribution is -0.128. The molecule has 3 nitrogen and oxygen atoms in total. The normalized spacial score (nSPS) is 10.0. The third kappa shape index (κ3) is 3.81. The van der Waals surface area contributed by atoms with Crippen LogP contribution < -0.4 is 5.32 Å². The Morgan fingerprint density at radius 3 is 2.75 bits per heavy atom. The van der Waals surface area contributed by atoms with Crippen LogP contribution in [0.4, 0.5) is 10.1 Å². The van der Waals surface area contributed by atoms with Crippen LogP contribution in [0.5, 0.6) is 0 Å². The van der Waals surface area contributed by atoms with Gasteiger partial charge in [0.05, 0.1) is 5.69 Å². The van der Waals surface area contributed by atoms with Crippen molar-refractivity contribution >= 4 is 27.5 Å². The van der Waals surface area contributed by atoms with E-state index in [-0.39, 0.29) is 11.7 Å². The maximum Gasteiger partial charge on any atom is 0.223 e. The Balaban J connectivity index is 2.46. The van der Waals surface area contributed by atoms with Gasteiger partial charge in [-0.25, -0.2) is 4.39 Å². The van der Waals surface area contributed by atoms with E-state index in [2.05, 4.69) is 21.2 Å². The van der Waals surface area contributed by atoms with E-state index in [9.17, 15) is 9.18 Å². The smallest absolute Gasteiger partial charge is 0.223 e. The van der Waals surface area contributed by atoms with Crippen molar-refractivity contribution in [2.75, 3.05) is 26.0 Å². The van der Waals surface area contributed by atoms with Gasteiger partial charge in [-0.2, -0.15) is 0 Å². The molecule has 0 aromatic heterocycles. The van der Waals surface area contributed by atoms with Crippen LogP contribution in [0.3, 0.4) is 0 Å². The molecule has 0 spiro atoms. The van der Waals surface area contributed by atoms with Crippen molar-refractivity contribution in [3.8, 4) is 0 Å².